The van der Waals surface area contributed by atoms with Crippen LogP contribution in [-0.4, -0.2) is 32.9 Å². The summed E-state index contributed by atoms with van der Waals surface area (Å²) in [4.78, 5) is 32.2. The number of aromatic nitrogens is 2. The van der Waals surface area contributed by atoms with Crippen molar-refractivity contribution in [2.75, 3.05) is 4.90 Å². The smallest absolute Gasteiger partial charge is 0.427 e. The predicted octanol–water partition coefficient (Wildman–Crippen LogP) is 4.97. The van der Waals surface area contributed by atoms with E-state index in [4.69, 9.17) is 16.3 Å². The van der Waals surface area contributed by atoms with Gasteiger partial charge in [-0.2, -0.15) is 4.98 Å². The van der Waals surface area contributed by atoms with Crippen molar-refractivity contribution in [1.82, 2.24) is 9.97 Å². The van der Waals surface area contributed by atoms with E-state index in [1.807, 2.05) is 0 Å². The summed E-state index contributed by atoms with van der Waals surface area (Å²) in [7, 11) is 0. The minimum absolute atomic E-state index is 0.0760. The van der Waals surface area contributed by atoms with Gasteiger partial charge in [-0.25, -0.2) is 19.0 Å². The van der Waals surface area contributed by atoms with Gasteiger partial charge < -0.3 is 9.84 Å². The number of rotatable bonds is 2. The Morgan fingerprint density at radius 2 is 1.70 bits per heavy atom. The van der Waals surface area contributed by atoms with E-state index in [1.54, 1.807) is 34.6 Å². The Labute approximate surface area is 160 Å². The van der Waals surface area contributed by atoms with E-state index in [0.29, 0.717) is 16.7 Å². The minimum atomic E-state index is -1.62. The monoisotopic (exact) mass is 395 g/mol. The van der Waals surface area contributed by atoms with Gasteiger partial charge in [-0.15, -0.1) is 4.90 Å². The van der Waals surface area contributed by atoms with Gasteiger partial charge in [-0.3, -0.25) is 0 Å². The second-order valence-corrected chi connectivity index (χ2v) is 7.28. The molecule has 2 aromatic rings. The molecule has 0 saturated carbocycles. The van der Waals surface area contributed by atoms with Crippen molar-refractivity contribution in [3.05, 3.63) is 40.3 Å². The number of ether oxygens (including phenoxy) is 1. The lowest BCUT2D eigenvalue weighted by molar-refractivity contribution is 0.0579. The number of amides is 2. The number of aryl methyl sites for hydroxylation is 2. The molecular formula is C18H19ClFN3O4. The lowest BCUT2D eigenvalue weighted by Gasteiger charge is -2.23. The van der Waals surface area contributed by atoms with Crippen molar-refractivity contribution in [2.45, 2.75) is 40.2 Å². The van der Waals surface area contributed by atoms with Gasteiger partial charge in [0.25, 0.3) is 0 Å². The minimum Gasteiger partial charge on any atom is -0.464 e. The maximum atomic E-state index is 13.6. The fourth-order valence-electron chi connectivity index (χ4n) is 2.50. The van der Waals surface area contributed by atoms with Gasteiger partial charge in [0.1, 0.15) is 16.6 Å². The maximum Gasteiger partial charge on any atom is 0.427 e. The van der Waals surface area contributed by atoms with Crippen molar-refractivity contribution >= 4 is 29.7 Å². The summed E-state index contributed by atoms with van der Waals surface area (Å²) >= 11 is 6.03. The Kier molecular flexibility index (Phi) is 5.70. The predicted molar refractivity (Wildman–Crippen MR) is 98.6 cm³/mol. The quantitative estimate of drug-likeness (QED) is 0.721. The standard InChI is InChI=1S/C18H19ClFN3O4/c1-9-6-11(20)7-10(2)14(9)12-8-13(19)22-15(21-12)23(16(24)25)17(26)27-18(3,4)5/h6-8H,1-5H3,(H,24,25). The molecule has 0 fully saturated rings. The molecule has 9 heteroatoms. The lowest BCUT2D eigenvalue weighted by Crippen LogP contribution is -2.41. The normalized spacial score (nSPS) is 11.2. The highest BCUT2D eigenvalue weighted by atomic mass is 35.5. The zero-order valence-electron chi connectivity index (χ0n) is 15.5. The molecule has 27 heavy (non-hydrogen) atoms. The molecule has 2 amide bonds. The molecule has 0 saturated heterocycles. The molecule has 0 aliphatic carbocycles. The van der Waals surface area contributed by atoms with E-state index < -0.39 is 29.6 Å². The molecule has 1 heterocycles. The Bertz CT molecular complexity index is 889. The van der Waals surface area contributed by atoms with Crippen LogP contribution in [0.2, 0.25) is 5.15 Å². The number of benzene rings is 1. The van der Waals surface area contributed by atoms with E-state index in [2.05, 4.69) is 9.97 Å². The first kappa shape index (κ1) is 20.6. The van der Waals surface area contributed by atoms with Gasteiger partial charge in [-0.1, -0.05) is 11.6 Å². The molecule has 0 radical (unpaired) electrons. The number of carboxylic acid groups (broad SMARTS) is 1. The van der Waals surface area contributed by atoms with Crippen LogP contribution in [0.4, 0.5) is 19.9 Å². The molecule has 1 N–H and O–H groups in total. The topological polar surface area (TPSA) is 92.6 Å². The molecular weight excluding hydrogens is 377 g/mol. The van der Waals surface area contributed by atoms with Crippen LogP contribution < -0.4 is 4.90 Å². The second-order valence-electron chi connectivity index (χ2n) is 6.89. The third-order valence-electron chi connectivity index (χ3n) is 3.40. The molecule has 0 bridgehead atoms. The van der Waals surface area contributed by atoms with Crippen LogP contribution in [0.5, 0.6) is 0 Å². The van der Waals surface area contributed by atoms with Gasteiger partial charge in [0.2, 0.25) is 5.95 Å². The van der Waals surface area contributed by atoms with Crippen LogP contribution in [0.25, 0.3) is 11.3 Å². The summed E-state index contributed by atoms with van der Waals surface area (Å²) in [5.41, 5.74) is 1.06. The van der Waals surface area contributed by atoms with Crippen LogP contribution in [0, 0.1) is 19.7 Å². The Hall–Kier alpha value is -2.74. The summed E-state index contributed by atoms with van der Waals surface area (Å²) in [6.07, 6.45) is -2.78. The van der Waals surface area contributed by atoms with Gasteiger partial charge in [0.15, 0.2) is 0 Å². The zero-order valence-corrected chi connectivity index (χ0v) is 16.3. The van der Waals surface area contributed by atoms with Gasteiger partial charge >= 0.3 is 12.2 Å². The van der Waals surface area contributed by atoms with Crippen molar-refractivity contribution in [1.29, 1.82) is 0 Å². The number of nitrogens with zero attached hydrogens (tertiary/aromatic N) is 3. The van der Waals surface area contributed by atoms with Gasteiger partial charge in [0.05, 0.1) is 5.69 Å². The van der Waals surface area contributed by atoms with Gasteiger partial charge in [0, 0.05) is 11.6 Å². The molecule has 2 rings (SSSR count). The van der Waals surface area contributed by atoms with Crippen LogP contribution >= 0.6 is 11.6 Å². The third kappa shape index (κ3) is 4.91. The molecule has 0 aliphatic rings. The maximum absolute atomic E-state index is 13.6. The van der Waals surface area contributed by atoms with Crippen LogP contribution in [0.15, 0.2) is 18.2 Å². The molecule has 0 atom stereocenters. The fourth-order valence-corrected chi connectivity index (χ4v) is 2.68. The van der Waals surface area contributed by atoms with Gasteiger partial charge in [-0.05, 0) is 57.9 Å². The van der Waals surface area contributed by atoms with E-state index in [0.717, 1.165) is 0 Å². The van der Waals surface area contributed by atoms with Crippen molar-refractivity contribution in [2.24, 2.45) is 0 Å². The number of hydrogen-bond donors (Lipinski definition) is 1. The lowest BCUT2D eigenvalue weighted by atomic mass is 9.99. The Morgan fingerprint density at radius 1 is 1.15 bits per heavy atom. The summed E-state index contributed by atoms with van der Waals surface area (Å²) in [5, 5.41) is 9.37. The second kappa shape index (κ2) is 7.48. The van der Waals surface area contributed by atoms with Crippen LogP contribution in [0.1, 0.15) is 31.9 Å². The average molecular weight is 396 g/mol. The largest absolute Gasteiger partial charge is 0.464 e. The summed E-state index contributed by atoms with van der Waals surface area (Å²) in [6, 6.07) is 4.05. The number of anilines is 1. The number of carbonyl (C=O) groups excluding carboxylic acids is 1. The molecule has 1 aromatic carbocycles. The molecule has 1 aromatic heterocycles. The van der Waals surface area contributed by atoms with E-state index in [9.17, 15) is 19.1 Å². The first-order valence-corrected chi connectivity index (χ1v) is 8.34. The SMILES string of the molecule is Cc1cc(F)cc(C)c1-c1cc(Cl)nc(N(C(=O)O)C(=O)OC(C)(C)C)n1. The zero-order chi connectivity index (χ0) is 20.5. The van der Waals surface area contributed by atoms with E-state index in [1.165, 1.54) is 18.2 Å². The molecule has 144 valence electrons. The highest BCUT2D eigenvalue weighted by Crippen LogP contribution is 2.30. The highest BCUT2D eigenvalue weighted by Gasteiger charge is 2.31. The van der Waals surface area contributed by atoms with E-state index >= 15 is 0 Å². The summed E-state index contributed by atoms with van der Waals surface area (Å²) in [6.45, 7) is 8.16. The Morgan fingerprint density at radius 3 is 2.19 bits per heavy atom. The summed E-state index contributed by atoms with van der Waals surface area (Å²) < 4.78 is 18.7. The first-order valence-electron chi connectivity index (χ1n) is 7.97. The number of imide groups is 1. The molecule has 0 spiro atoms. The first-order chi connectivity index (χ1) is 12.4. The van der Waals surface area contributed by atoms with Crippen LogP contribution in [-0.2, 0) is 4.74 Å². The average Bonchev–Trinajstić information content (AvgIpc) is 2.42. The van der Waals surface area contributed by atoms with Crippen LogP contribution in [0.3, 0.4) is 0 Å². The molecule has 0 aliphatic heterocycles. The molecule has 7 nitrogen and oxygen atoms in total. The number of hydrogen-bond acceptors (Lipinski definition) is 5. The Balaban J connectivity index is 2.59. The summed E-state index contributed by atoms with van der Waals surface area (Å²) in [5.74, 6) is -0.864. The van der Waals surface area contributed by atoms with Crippen molar-refractivity contribution in [3.8, 4) is 11.3 Å². The van der Waals surface area contributed by atoms with E-state index in [-0.39, 0.29) is 15.7 Å². The highest BCUT2D eigenvalue weighted by molar-refractivity contribution is 6.29. The van der Waals surface area contributed by atoms with Crippen molar-refractivity contribution < 1.29 is 23.8 Å². The third-order valence-corrected chi connectivity index (χ3v) is 3.60. The number of halogens is 2. The van der Waals surface area contributed by atoms with Crippen molar-refractivity contribution in [3.63, 3.8) is 0 Å². The number of carbonyl (C=O) groups is 2. The molecule has 0 unspecified atom stereocenters. The fraction of sp³-hybridized carbons (Fsp3) is 0.333.